The average molecular weight is 426 g/mol. The van der Waals surface area contributed by atoms with Gasteiger partial charge >= 0.3 is 0 Å². The van der Waals surface area contributed by atoms with Crippen molar-refractivity contribution < 1.29 is 4.74 Å². The van der Waals surface area contributed by atoms with Crippen molar-refractivity contribution in [2.45, 2.75) is 6.61 Å². The molecule has 0 saturated heterocycles. The lowest BCUT2D eigenvalue weighted by Gasteiger charge is -2.09. The molecule has 112 valence electrons. The van der Waals surface area contributed by atoms with Crippen LogP contribution in [0.2, 0.25) is 5.02 Å². The second-order valence-corrected chi connectivity index (χ2v) is 6.20. The van der Waals surface area contributed by atoms with Crippen molar-refractivity contribution in [3.63, 3.8) is 0 Å². The number of halogens is 2. The van der Waals surface area contributed by atoms with E-state index in [4.69, 9.17) is 22.1 Å². The van der Waals surface area contributed by atoms with Crippen LogP contribution in [0.5, 0.6) is 5.75 Å². The summed E-state index contributed by atoms with van der Waals surface area (Å²) < 4.78 is 6.65. The van der Waals surface area contributed by atoms with Crippen LogP contribution in [0.4, 0.5) is 5.82 Å². The molecular weight excluding hydrogens is 413 g/mol. The lowest BCUT2D eigenvalue weighted by Crippen LogP contribution is -1.95. The molecule has 3 rings (SSSR count). The van der Waals surface area contributed by atoms with E-state index in [0.29, 0.717) is 23.2 Å². The van der Waals surface area contributed by atoms with E-state index < -0.39 is 0 Å². The minimum Gasteiger partial charge on any atom is -0.487 e. The molecule has 22 heavy (non-hydrogen) atoms. The second kappa shape index (κ2) is 6.58. The number of ether oxygens (including phenoxy) is 1. The molecule has 1 aromatic heterocycles. The number of benzene rings is 2. The molecule has 0 saturated carbocycles. The highest BCUT2D eigenvalue weighted by molar-refractivity contribution is 14.1. The molecule has 4 nitrogen and oxygen atoms in total. The highest BCUT2D eigenvalue weighted by Gasteiger charge is 2.12. The average Bonchev–Trinajstić information content (AvgIpc) is 2.87. The fourth-order valence-corrected chi connectivity index (χ4v) is 2.83. The third-order valence-electron chi connectivity index (χ3n) is 3.19. The van der Waals surface area contributed by atoms with Crippen LogP contribution in [0.25, 0.3) is 11.3 Å². The van der Waals surface area contributed by atoms with Gasteiger partial charge in [0.1, 0.15) is 12.4 Å². The molecule has 0 unspecified atom stereocenters. The predicted octanol–water partition coefficient (Wildman–Crippen LogP) is 4.50. The van der Waals surface area contributed by atoms with Crippen molar-refractivity contribution in [3.8, 4) is 17.0 Å². The number of aromatic nitrogens is 2. The molecule has 0 amide bonds. The highest BCUT2D eigenvalue weighted by atomic mass is 127. The van der Waals surface area contributed by atoms with Gasteiger partial charge < -0.3 is 10.5 Å². The van der Waals surface area contributed by atoms with Crippen molar-refractivity contribution in [2.75, 3.05) is 5.73 Å². The molecule has 1 heterocycles. The first kappa shape index (κ1) is 15.2. The van der Waals surface area contributed by atoms with E-state index in [-0.39, 0.29) is 0 Å². The topological polar surface area (TPSA) is 63.9 Å². The molecular formula is C16H13ClIN3O. The smallest absolute Gasteiger partial charge is 0.159 e. The number of aromatic amines is 1. The summed E-state index contributed by atoms with van der Waals surface area (Å²) in [5.41, 5.74) is 8.62. The number of hydrogen-bond donors (Lipinski definition) is 2. The number of H-pyrrole nitrogens is 1. The Kier molecular flexibility index (Phi) is 4.54. The maximum atomic E-state index is 6.31. The van der Waals surface area contributed by atoms with E-state index >= 15 is 0 Å². The van der Waals surface area contributed by atoms with Crippen LogP contribution >= 0.6 is 34.2 Å². The van der Waals surface area contributed by atoms with Gasteiger partial charge in [0, 0.05) is 5.56 Å². The normalized spacial score (nSPS) is 10.6. The molecule has 0 atom stereocenters. The molecule has 6 heteroatoms. The molecule has 0 aliphatic heterocycles. The summed E-state index contributed by atoms with van der Waals surface area (Å²) >= 11 is 8.47. The van der Waals surface area contributed by atoms with Crippen molar-refractivity contribution in [3.05, 3.63) is 62.7 Å². The minimum atomic E-state index is 0.481. The van der Waals surface area contributed by atoms with Gasteiger partial charge in [0.15, 0.2) is 5.82 Å². The van der Waals surface area contributed by atoms with Gasteiger partial charge in [-0.1, -0.05) is 41.9 Å². The Labute approximate surface area is 146 Å². The van der Waals surface area contributed by atoms with Crippen LogP contribution in [-0.2, 0) is 6.61 Å². The standard InChI is InChI=1S/C16H13ClIN3O/c17-12-8-11(15-14(18)16(19)21-20-15)6-7-13(12)22-9-10-4-2-1-3-5-10/h1-8H,9H2,(H3,19,20,21). The summed E-state index contributed by atoms with van der Waals surface area (Å²) in [6.07, 6.45) is 0. The third kappa shape index (κ3) is 3.20. The number of nitrogens with zero attached hydrogens (tertiary/aromatic N) is 1. The summed E-state index contributed by atoms with van der Waals surface area (Å²) in [6, 6.07) is 15.6. The Bertz CT molecular complexity index is 789. The van der Waals surface area contributed by atoms with Gasteiger partial charge in [-0.3, -0.25) is 5.10 Å². The van der Waals surface area contributed by atoms with Gasteiger partial charge in [0.05, 0.1) is 14.3 Å². The number of rotatable bonds is 4. The van der Waals surface area contributed by atoms with Crippen LogP contribution in [0.3, 0.4) is 0 Å². The van der Waals surface area contributed by atoms with Crippen LogP contribution in [0, 0.1) is 3.57 Å². The molecule has 3 aromatic rings. The van der Waals surface area contributed by atoms with Crippen LogP contribution < -0.4 is 10.5 Å². The van der Waals surface area contributed by atoms with Gasteiger partial charge in [-0.2, -0.15) is 5.10 Å². The summed E-state index contributed by atoms with van der Waals surface area (Å²) in [5.74, 6) is 1.13. The number of anilines is 1. The molecule has 0 bridgehead atoms. The number of nitrogens with one attached hydrogen (secondary N) is 1. The first-order chi connectivity index (χ1) is 10.6. The van der Waals surface area contributed by atoms with E-state index in [1.54, 1.807) is 0 Å². The zero-order valence-corrected chi connectivity index (χ0v) is 14.4. The first-order valence-corrected chi connectivity index (χ1v) is 8.07. The van der Waals surface area contributed by atoms with Gasteiger partial charge in [-0.05, 0) is 46.4 Å². The summed E-state index contributed by atoms with van der Waals surface area (Å²) in [7, 11) is 0. The Hall–Kier alpha value is -1.73. The predicted molar refractivity (Wildman–Crippen MR) is 96.9 cm³/mol. The maximum Gasteiger partial charge on any atom is 0.159 e. The third-order valence-corrected chi connectivity index (χ3v) is 4.58. The lowest BCUT2D eigenvalue weighted by atomic mass is 10.1. The molecule has 2 aromatic carbocycles. The van der Waals surface area contributed by atoms with E-state index in [2.05, 4.69) is 32.8 Å². The molecule has 0 fully saturated rings. The zero-order chi connectivity index (χ0) is 15.5. The van der Waals surface area contributed by atoms with E-state index in [1.807, 2.05) is 48.5 Å². The van der Waals surface area contributed by atoms with Crippen LogP contribution in [0.1, 0.15) is 5.56 Å². The van der Waals surface area contributed by atoms with E-state index in [0.717, 1.165) is 20.4 Å². The largest absolute Gasteiger partial charge is 0.487 e. The Balaban J connectivity index is 1.79. The lowest BCUT2D eigenvalue weighted by molar-refractivity contribution is 0.306. The summed E-state index contributed by atoms with van der Waals surface area (Å²) in [6.45, 7) is 0.481. The van der Waals surface area contributed by atoms with Crippen LogP contribution in [-0.4, -0.2) is 10.2 Å². The SMILES string of the molecule is Nc1n[nH]c(-c2ccc(OCc3ccccc3)c(Cl)c2)c1I. The second-order valence-electron chi connectivity index (χ2n) is 4.72. The molecule has 0 aliphatic rings. The molecule has 0 spiro atoms. The zero-order valence-electron chi connectivity index (χ0n) is 11.5. The molecule has 0 radical (unpaired) electrons. The first-order valence-electron chi connectivity index (χ1n) is 6.61. The fraction of sp³-hybridized carbons (Fsp3) is 0.0625. The number of nitrogen functional groups attached to an aromatic ring is 1. The molecule has 3 N–H and O–H groups in total. The van der Waals surface area contributed by atoms with Crippen molar-refractivity contribution in [2.24, 2.45) is 0 Å². The van der Waals surface area contributed by atoms with E-state index in [9.17, 15) is 0 Å². The van der Waals surface area contributed by atoms with Crippen LogP contribution in [0.15, 0.2) is 48.5 Å². The Morgan fingerprint density at radius 1 is 1.18 bits per heavy atom. The highest BCUT2D eigenvalue weighted by Crippen LogP contribution is 2.33. The van der Waals surface area contributed by atoms with Gasteiger partial charge in [0.25, 0.3) is 0 Å². The summed E-state index contributed by atoms with van der Waals surface area (Å²) in [4.78, 5) is 0. The minimum absolute atomic E-state index is 0.481. The van der Waals surface area contributed by atoms with Crippen molar-refractivity contribution in [1.29, 1.82) is 0 Å². The van der Waals surface area contributed by atoms with Gasteiger partial charge in [0.2, 0.25) is 0 Å². The number of hydrogen-bond acceptors (Lipinski definition) is 3. The van der Waals surface area contributed by atoms with Crippen molar-refractivity contribution in [1.82, 2.24) is 10.2 Å². The maximum absolute atomic E-state index is 6.31. The van der Waals surface area contributed by atoms with Gasteiger partial charge in [-0.15, -0.1) is 0 Å². The Morgan fingerprint density at radius 3 is 2.59 bits per heavy atom. The molecule has 0 aliphatic carbocycles. The van der Waals surface area contributed by atoms with E-state index in [1.165, 1.54) is 0 Å². The summed E-state index contributed by atoms with van der Waals surface area (Å²) in [5, 5.41) is 7.46. The van der Waals surface area contributed by atoms with Crippen molar-refractivity contribution >= 4 is 40.0 Å². The monoisotopic (exact) mass is 425 g/mol. The fourth-order valence-electron chi connectivity index (χ4n) is 2.04. The van der Waals surface area contributed by atoms with Gasteiger partial charge in [-0.25, -0.2) is 0 Å². The number of nitrogens with two attached hydrogens (primary N) is 1. The Morgan fingerprint density at radius 2 is 1.95 bits per heavy atom. The quantitative estimate of drug-likeness (QED) is 0.605.